The highest BCUT2D eigenvalue weighted by atomic mass is 35.5. The van der Waals surface area contributed by atoms with Crippen molar-refractivity contribution >= 4 is 17.3 Å². The highest BCUT2D eigenvalue weighted by molar-refractivity contribution is 6.18. The van der Waals surface area contributed by atoms with Gasteiger partial charge in [-0.15, -0.1) is 11.6 Å². The number of nitro groups is 1. The van der Waals surface area contributed by atoms with Crippen molar-refractivity contribution in [3.05, 3.63) is 33.9 Å². The second kappa shape index (κ2) is 5.67. The highest BCUT2D eigenvalue weighted by Gasteiger charge is 2.14. The summed E-state index contributed by atoms with van der Waals surface area (Å²) in [6.07, 6.45) is -0.777. The third-order valence-electron chi connectivity index (χ3n) is 2.06. The maximum Gasteiger partial charge on any atom is 0.276 e. The lowest BCUT2D eigenvalue weighted by atomic mass is 10.2. The molecule has 0 aliphatic heterocycles. The van der Waals surface area contributed by atoms with Crippen LogP contribution in [0.2, 0.25) is 0 Å². The lowest BCUT2D eigenvalue weighted by Crippen LogP contribution is -2.19. The van der Waals surface area contributed by atoms with Gasteiger partial charge in [-0.25, -0.2) is 0 Å². The fourth-order valence-corrected chi connectivity index (χ4v) is 1.28. The summed E-state index contributed by atoms with van der Waals surface area (Å²) in [7, 11) is 0. The Kier molecular flexibility index (Phi) is 4.52. The van der Waals surface area contributed by atoms with E-state index in [1.807, 2.05) is 0 Å². The van der Waals surface area contributed by atoms with Gasteiger partial charge < -0.3 is 9.84 Å². The molecule has 1 unspecified atom stereocenters. The lowest BCUT2D eigenvalue weighted by Gasteiger charge is -2.11. The quantitative estimate of drug-likeness (QED) is 0.488. The summed E-state index contributed by atoms with van der Waals surface area (Å²) in [4.78, 5) is 10.2. The minimum absolute atomic E-state index is 0.00198. The van der Waals surface area contributed by atoms with Crippen LogP contribution in [-0.2, 0) is 0 Å². The number of nitrogens with zero attached hydrogens (tertiary/aromatic N) is 1. The van der Waals surface area contributed by atoms with Gasteiger partial charge in [-0.2, -0.15) is 0 Å². The Labute approximate surface area is 97.8 Å². The lowest BCUT2D eigenvalue weighted by molar-refractivity contribution is -0.385. The summed E-state index contributed by atoms with van der Waals surface area (Å²) >= 11 is 5.40. The third-order valence-corrected chi connectivity index (χ3v) is 2.42. The van der Waals surface area contributed by atoms with Gasteiger partial charge >= 0.3 is 0 Å². The topological polar surface area (TPSA) is 72.6 Å². The SMILES string of the molecule is Cc1c(OCC(O)CCl)cccc1[N+](=O)[O-]. The molecule has 16 heavy (non-hydrogen) atoms. The first-order valence-corrected chi connectivity index (χ1v) is 5.20. The molecule has 1 N–H and O–H groups in total. The summed E-state index contributed by atoms with van der Waals surface area (Å²) < 4.78 is 5.24. The van der Waals surface area contributed by atoms with E-state index in [9.17, 15) is 15.2 Å². The van der Waals surface area contributed by atoms with Gasteiger partial charge in [0.25, 0.3) is 5.69 Å². The molecule has 0 heterocycles. The van der Waals surface area contributed by atoms with Crippen molar-refractivity contribution < 1.29 is 14.8 Å². The molecule has 0 aliphatic carbocycles. The summed E-state index contributed by atoms with van der Waals surface area (Å²) in [5.74, 6) is 0.451. The zero-order chi connectivity index (χ0) is 12.1. The normalized spacial score (nSPS) is 12.2. The van der Waals surface area contributed by atoms with Crippen molar-refractivity contribution in [1.29, 1.82) is 0 Å². The maximum atomic E-state index is 10.6. The van der Waals surface area contributed by atoms with E-state index in [1.54, 1.807) is 13.0 Å². The first-order chi connectivity index (χ1) is 7.56. The van der Waals surface area contributed by atoms with Gasteiger partial charge in [-0.05, 0) is 13.0 Å². The van der Waals surface area contributed by atoms with Crippen molar-refractivity contribution in [2.75, 3.05) is 12.5 Å². The number of rotatable bonds is 5. The Morgan fingerprint density at radius 2 is 2.31 bits per heavy atom. The van der Waals surface area contributed by atoms with Crippen molar-refractivity contribution in [2.45, 2.75) is 13.0 Å². The van der Waals surface area contributed by atoms with E-state index in [2.05, 4.69) is 0 Å². The molecule has 1 aromatic carbocycles. The minimum atomic E-state index is -0.777. The molecule has 1 rings (SSSR count). The fourth-order valence-electron chi connectivity index (χ4n) is 1.19. The van der Waals surface area contributed by atoms with Crippen LogP contribution in [0.1, 0.15) is 5.56 Å². The van der Waals surface area contributed by atoms with Gasteiger partial charge in [-0.3, -0.25) is 10.1 Å². The summed E-state index contributed by atoms with van der Waals surface area (Å²) in [6.45, 7) is 1.62. The zero-order valence-corrected chi connectivity index (χ0v) is 9.48. The maximum absolute atomic E-state index is 10.6. The molecule has 1 aromatic rings. The third kappa shape index (κ3) is 3.08. The smallest absolute Gasteiger partial charge is 0.276 e. The van der Waals surface area contributed by atoms with Crippen molar-refractivity contribution in [2.24, 2.45) is 0 Å². The molecule has 1 atom stereocenters. The van der Waals surface area contributed by atoms with E-state index in [4.69, 9.17) is 16.3 Å². The first kappa shape index (κ1) is 12.7. The number of hydrogen-bond acceptors (Lipinski definition) is 4. The number of nitro benzene ring substituents is 1. The number of aliphatic hydroxyl groups is 1. The predicted octanol–water partition coefficient (Wildman–Crippen LogP) is 1.88. The van der Waals surface area contributed by atoms with Crippen LogP contribution in [0.25, 0.3) is 0 Å². The number of aliphatic hydroxyl groups excluding tert-OH is 1. The standard InChI is InChI=1S/C10H12ClNO4/c1-7-9(12(14)15)3-2-4-10(7)16-6-8(13)5-11/h2-4,8,13H,5-6H2,1H3. The minimum Gasteiger partial charge on any atom is -0.490 e. The molecule has 0 saturated carbocycles. The van der Waals surface area contributed by atoms with Crippen LogP contribution < -0.4 is 4.74 Å². The molecular formula is C10H12ClNO4. The number of alkyl halides is 1. The second-order valence-corrected chi connectivity index (χ2v) is 3.59. The number of ether oxygens (including phenoxy) is 1. The summed E-state index contributed by atoms with van der Waals surface area (Å²) in [6, 6.07) is 4.55. The predicted molar refractivity (Wildman–Crippen MR) is 60.1 cm³/mol. The van der Waals surface area contributed by atoms with Gasteiger partial charge in [0.15, 0.2) is 0 Å². The van der Waals surface area contributed by atoms with Crippen LogP contribution >= 0.6 is 11.6 Å². The molecule has 6 heteroatoms. The molecule has 0 spiro atoms. The van der Waals surface area contributed by atoms with Gasteiger partial charge in [0, 0.05) is 6.07 Å². The largest absolute Gasteiger partial charge is 0.490 e. The summed E-state index contributed by atoms with van der Waals surface area (Å²) in [5.41, 5.74) is 0.437. The van der Waals surface area contributed by atoms with Gasteiger partial charge in [0.1, 0.15) is 18.5 Å². The van der Waals surface area contributed by atoms with Crippen LogP contribution in [0.15, 0.2) is 18.2 Å². The van der Waals surface area contributed by atoms with E-state index in [-0.39, 0.29) is 18.2 Å². The van der Waals surface area contributed by atoms with E-state index in [0.29, 0.717) is 11.3 Å². The Morgan fingerprint density at radius 1 is 1.62 bits per heavy atom. The van der Waals surface area contributed by atoms with Crippen molar-refractivity contribution in [3.8, 4) is 5.75 Å². The Hall–Kier alpha value is -1.33. The summed E-state index contributed by atoms with van der Waals surface area (Å²) in [5, 5.41) is 19.8. The van der Waals surface area contributed by atoms with E-state index >= 15 is 0 Å². The molecule has 0 aliphatic rings. The molecule has 0 radical (unpaired) electrons. The molecule has 0 saturated heterocycles. The molecule has 0 fully saturated rings. The van der Waals surface area contributed by atoms with Crippen molar-refractivity contribution in [3.63, 3.8) is 0 Å². The van der Waals surface area contributed by atoms with E-state index in [0.717, 1.165) is 0 Å². The van der Waals surface area contributed by atoms with Crippen LogP contribution in [0, 0.1) is 17.0 Å². The van der Waals surface area contributed by atoms with Gasteiger partial charge in [-0.1, -0.05) is 6.07 Å². The molecular weight excluding hydrogens is 234 g/mol. The number of halogens is 1. The van der Waals surface area contributed by atoms with Gasteiger partial charge in [0.2, 0.25) is 0 Å². The molecule has 5 nitrogen and oxygen atoms in total. The Bertz CT molecular complexity index is 383. The average molecular weight is 246 g/mol. The van der Waals surface area contributed by atoms with Crippen LogP contribution in [-0.4, -0.2) is 28.6 Å². The average Bonchev–Trinajstić information content (AvgIpc) is 2.26. The molecule has 0 bridgehead atoms. The molecule has 88 valence electrons. The van der Waals surface area contributed by atoms with Gasteiger partial charge in [0.05, 0.1) is 16.4 Å². The van der Waals surface area contributed by atoms with E-state index < -0.39 is 11.0 Å². The van der Waals surface area contributed by atoms with Crippen LogP contribution in [0.4, 0.5) is 5.69 Å². The highest BCUT2D eigenvalue weighted by Crippen LogP contribution is 2.26. The first-order valence-electron chi connectivity index (χ1n) is 4.67. The Morgan fingerprint density at radius 3 is 2.88 bits per heavy atom. The van der Waals surface area contributed by atoms with Crippen molar-refractivity contribution in [1.82, 2.24) is 0 Å². The van der Waals surface area contributed by atoms with Crippen LogP contribution in [0.5, 0.6) is 5.75 Å². The monoisotopic (exact) mass is 245 g/mol. The number of hydrogen-bond donors (Lipinski definition) is 1. The Balaban J connectivity index is 2.81. The fraction of sp³-hybridized carbons (Fsp3) is 0.400. The second-order valence-electron chi connectivity index (χ2n) is 3.28. The van der Waals surface area contributed by atoms with Crippen LogP contribution in [0.3, 0.4) is 0 Å². The zero-order valence-electron chi connectivity index (χ0n) is 8.72. The number of benzene rings is 1. The molecule has 0 aromatic heterocycles. The van der Waals surface area contributed by atoms with E-state index in [1.165, 1.54) is 12.1 Å². The molecule has 0 amide bonds.